The second-order valence-electron chi connectivity index (χ2n) is 4.54. The van der Waals surface area contributed by atoms with Crippen LogP contribution >= 0.6 is 11.8 Å². The van der Waals surface area contributed by atoms with E-state index in [1.165, 1.54) is 0 Å². The highest BCUT2D eigenvalue weighted by Gasteiger charge is 2.19. The molecule has 0 aromatic carbocycles. The molecule has 1 unspecified atom stereocenters. The van der Waals surface area contributed by atoms with E-state index >= 15 is 0 Å². The van der Waals surface area contributed by atoms with Crippen LogP contribution in [0.4, 0.5) is 11.6 Å². The van der Waals surface area contributed by atoms with E-state index in [2.05, 4.69) is 27.1 Å². The Hall–Kier alpha value is -1.01. The van der Waals surface area contributed by atoms with Gasteiger partial charge < -0.3 is 15.0 Å². The minimum absolute atomic E-state index is 0.469. The van der Waals surface area contributed by atoms with Crippen LogP contribution < -0.4 is 10.2 Å². The molecular formula is C13H22N4OS. The minimum atomic E-state index is 0.469. The lowest BCUT2D eigenvalue weighted by molar-refractivity contribution is 0.128. The van der Waals surface area contributed by atoms with Crippen molar-refractivity contribution in [3.05, 3.63) is 11.9 Å². The van der Waals surface area contributed by atoms with Gasteiger partial charge in [0.05, 0.1) is 0 Å². The van der Waals surface area contributed by atoms with Gasteiger partial charge in [-0.2, -0.15) is 11.8 Å². The molecule has 0 radical (unpaired) electrons. The zero-order valence-corrected chi connectivity index (χ0v) is 12.7. The van der Waals surface area contributed by atoms with Crippen LogP contribution in [0.15, 0.2) is 6.07 Å². The van der Waals surface area contributed by atoms with Gasteiger partial charge in [-0.1, -0.05) is 6.92 Å². The summed E-state index contributed by atoms with van der Waals surface area (Å²) in [5.74, 6) is 3.75. The zero-order valence-electron chi connectivity index (χ0n) is 11.8. The van der Waals surface area contributed by atoms with E-state index < -0.39 is 0 Å². The molecule has 2 heterocycles. The number of nitrogens with one attached hydrogen (secondary N) is 1. The van der Waals surface area contributed by atoms with E-state index in [-0.39, 0.29) is 0 Å². The molecule has 1 N–H and O–H groups in total. The van der Waals surface area contributed by atoms with Crippen molar-refractivity contribution < 1.29 is 4.74 Å². The van der Waals surface area contributed by atoms with Gasteiger partial charge in [0, 0.05) is 43.8 Å². The fraction of sp³-hybridized carbons (Fsp3) is 0.692. The van der Waals surface area contributed by atoms with Gasteiger partial charge in [-0.25, -0.2) is 9.97 Å². The normalized spacial score (nSPS) is 19.5. The second kappa shape index (κ2) is 6.96. The summed E-state index contributed by atoms with van der Waals surface area (Å²) in [6.07, 6.45) is 0. The van der Waals surface area contributed by atoms with Crippen molar-refractivity contribution in [3.63, 3.8) is 0 Å². The lowest BCUT2D eigenvalue weighted by atomic mass is 10.3. The molecule has 2 rings (SSSR count). The minimum Gasteiger partial charge on any atom is -0.374 e. The molecule has 1 fully saturated rings. The van der Waals surface area contributed by atoms with Crippen molar-refractivity contribution in [1.82, 2.24) is 9.97 Å². The molecule has 1 aromatic heterocycles. The standard InChI is InChI=1S/C13H22N4OS/c1-4-18-9-12-15-11(14-3)7-13(16-12)17-5-6-19-10(2)8-17/h7,10H,4-6,8-9H2,1-3H3,(H,14,15,16). The highest BCUT2D eigenvalue weighted by atomic mass is 32.2. The van der Waals surface area contributed by atoms with Crippen LogP contribution in [0.2, 0.25) is 0 Å². The summed E-state index contributed by atoms with van der Waals surface area (Å²) in [6, 6.07) is 2.01. The molecule has 0 aliphatic carbocycles. The molecule has 1 atom stereocenters. The first-order valence-electron chi connectivity index (χ1n) is 6.73. The summed E-state index contributed by atoms with van der Waals surface area (Å²) < 4.78 is 5.41. The maximum Gasteiger partial charge on any atom is 0.158 e. The fourth-order valence-corrected chi connectivity index (χ4v) is 3.07. The quantitative estimate of drug-likeness (QED) is 0.891. The van der Waals surface area contributed by atoms with Gasteiger partial charge in [-0.05, 0) is 6.92 Å². The monoisotopic (exact) mass is 282 g/mol. The summed E-state index contributed by atoms with van der Waals surface area (Å²) in [4.78, 5) is 11.4. The maximum absolute atomic E-state index is 5.41. The molecule has 1 aliphatic rings. The first-order valence-corrected chi connectivity index (χ1v) is 7.77. The van der Waals surface area contributed by atoms with Gasteiger partial charge in [-0.15, -0.1) is 0 Å². The summed E-state index contributed by atoms with van der Waals surface area (Å²) in [5.41, 5.74) is 0. The first-order chi connectivity index (χ1) is 9.22. The highest BCUT2D eigenvalue weighted by molar-refractivity contribution is 8.00. The van der Waals surface area contributed by atoms with Crippen molar-refractivity contribution in [2.75, 3.05) is 42.7 Å². The van der Waals surface area contributed by atoms with Crippen molar-refractivity contribution in [2.24, 2.45) is 0 Å². The number of rotatable bonds is 5. The number of ether oxygens (including phenoxy) is 1. The summed E-state index contributed by atoms with van der Waals surface area (Å²) in [6.45, 7) is 7.48. The van der Waals surface area contributed by atoms with Crippen molar-refractivity contribution in [1.29, 1.82) is 0 Å². The van der Waals surface area contributed by atoms with Gasteiger partial charge in [-0.3, -0.25) is 0 Å². The molecule has 0 amide bonds. The SMILES string of the molecule is CCOCc1nc(NC)cc(N2CCSC(C)C2)n1. The van der Waals surface area contributed by atoms with Crippen molar-refractivity contribution >= 4 is 23.4 Å². The maximum atomic E-state index is 5.41. The lowest BCUT2D eigenvalue weighted by Gasteiger charge is -2.31. The van der Waals surface area contributed by atoms with Crippen molar-refractivity contribution in [3.8, 4) is 0 Å². The Morgan fingerprint density at radius 2 is 2.37 bits per heavy atom. The van der Waals surface area contributed by atoms with Crippen LogP contribution in [-0.4, -0.2) is 47.7 Å². The van der Waals surface area contributed by atoms with Crippen LogP contribution in [0.25, 0.3) is 0 Å². The summed E-state index contributed by atoms with van der Waals surface area (Å²) in [5, 5.41) is 3.75. The van der Waals surface area contributed by atoms with Crippen LogP contribution in [0.5, 0.6) is 0 Å². The molecule has 0 spiro atoms. The number of hydrogen-bond donors (Lipinski definition) is 1. The van der Waals surface area contributed by atoms with E-state index in [9.17, 15) is 0 Å². The summed E-state index contributed by atoms with van der Waals surface area (Å²) in [7, 11) is 1.88. The Balaban J connectivity index is 2.17. The molecule has 1 aliphatic heterocycles. The van der Waals surface area contributed by atoms with E-state index in [1.807, 2.05) is 31.8 Å². The Labute approximate surface area is 119 Å². The molecule has 1 aromatic rings. The topological polar surface area (TPSA) is 50.3 Å². The Morgan fingerprint density at radius 3 is 3.05 bits per heavy atom. The zero-order chi connectivity index (χ0) is 13.7. The molecule has 5 nitrogen and oxygen atoms in total. The number of aromatic nitrogens is 2. The van der Waals surface area contributed by atoms with Gasteiger partial charge >= 0.3 is 0 Å². The van der Waals surface area contributed by atoms with E-state index in [1.54, 1.807) is 0 Å². The molecule has 0 saturated carbocycles. The smallest absolute Gasteiger partial charge is 0.158 e. The highest BCUT2D eigenvalue weighted by Crippen LogP contribution is 2.24. The van der Waals surface area contributed by atoms with Gasteiger partial charge in [0.2, 0.25) is 0 Å². The molecule has 0 bridgehead atoms. The average molecular weight is 282 g/mol. The lowest BCUT2D eigenvalue weighted by Crippen LogP contribution is -2.37. The van der Waals surface area contributed by atoms with Gasteiger partial charge in [0.1, 0.15) is 18.2 Å². The number of hydrogen-bond acceptors (Lipinski definition) is 6. The van der Waals surface area contributed by atoms with E-state index in [4.69, 9.17) is 4.74 Å². The predicted octanol–water partition coefficient (Wildman–Crippen LogP) is 2.00. The van der Waals surface area contributed by atoms with Crippen molar-refractivity contribution in [2.45, 2.75) is 25.7 Å². The molecule has 6 heteroatoms. The molecule has 106 valence electrons. The van der Waals surface area contributed by atoms with Crippen LogP contribution in [-0.2, 0) is 11.3 Å². The largest absolute Gasteiger partial charge is 0.374 e. The van der Waals surface area contributed by atoms with Gasteiger partial charge in [0.25, 0.3) is 0 Å². The number of anilines is 2. The Kier molecular flexibility index (Phi) is 5.27. The second-order valence-corrected chi connectivity index (χ2v) is 6.09. The third kappa shape index (κ3) is 3.98. The summed E-state index contributed by atoms with van der Waals surface area (Å²) >= 11 is 2.02. The van der Waals surface area contributed by atoms with E-state index in [0.717, 1.165) is 36.3 Å². The fourth-order valence-electron chi connectivity index (χ4n) is 2.06. The van der Waals surface area contributed by atoms with Crippen LogP contribution in [0.1, 0.15) is 19.7 Å². The third-order valence-corrected chi connectivity index (χ3v) is 4.15. The molecular weight excluding hydrogens is 260 g/mol. The Bertz CT molecular complexity index is 416. The number of thioether (sulfide) groups is 1. The third-order valence-electron chi connectivity index (χ3n) is 3.02. The molecule has 1 saturated heterocycles. The first kappa shape index (κ1) is 14.4. The van der Waals surface area contributed by atoms with Crippen LogP contribution in [0, 0.1) is 0 Å². The van der Waals surface area contributed by atoms with Crippen LogP contribution in [0.3, 0.4) is 0 Å². The van der Waals surface area contributed by atoms with E-state index in [0.29, 0.717) is 18.5 Å². The average Bonchev–Trinajstić information content (AvgIpc) is 2.44. The molecule has 19 heavy (non-hydrogen) atoms. The predicted molar refractivity (Wildman–Crippen MR) is 81.0 cm³/mol. The number of nitrogens with zero attached hydrogens (tertiary/aromatic N) is 3. The Morgan fingerprint density at radius 1 is 1.53 bits per heavy atom. The van der Waals surface area contributed by atoms with Gasteiger partial charge in [0.15, 0.2) is 5.82 Å².